The second kappa shape index (κ2) is 9.73. The van der Waals surface area contributed by atoms with E-state index < -0.39 is 0 Å². The van der Waals surface area contributed by atoms with Crippen LogP contribution in [0.15, 0.2) is 42.5 Å². The van der Waals surface area contributed by atoms with Gasteiger partial charge in [0.05, 0.1) is 0 Å². The molecule has 162 valence electrons. The molecule has 1 aliphatic rings. The van der Waals surface area contributed by atoms with Gasteiger partial charge in [0, 0.05) is 25.3 Å². The van der Waals surface area contributed by atoms with Gasteiger partial charge in [-0.15, -0.1) is 0 Å². The lowest BCUT2D eigenvalue weighted by atomic mass is 10.1. The van der Waals surface area contributed by atoms with Crippen molar-refractivity contribution in [3.63, 3.8) is 0 Å². The lowest BCUT2D eigenvalue weighted by Crippen LogP contribution is -2.27. The molecule has 1 fully saturated rings. The zero-order valence-electron chi connectivity index (χ0n) is 18.2. The van der Waals surface area contributed by atoms with Crippen LogP contribution in [0.3, 0.4) is 0 Å². The van der Waals surface area contributed by atoms with Crippen LogP contribution in [0.25, 0.3) is 0 Å². The highest BCUT2D eigenvalue weighted by Crippen LogP contribution is 2.23. The summed E-state index contributed by atoms with van der Waals surface area (Å²) >= 11 is 0. The Hall–Kier alpha value is -3.22. The Labute approximate surface area is 183 Å². The van der Waals surface area contributed by atoms with Gasteiger partial charge in [-0.05, 0) is 61.6 Å². The molecule has 0 spiro atoms. The van der Waals surface area contributed by atoms with Crippen molar-refractivity contribution >= 4 is 23.5 Å². The van der Waals surface area contributed by atoms with Crippen LogP contribution in [0, 0.1) is 19.7 Å². The number of aryl methyl sites for hydroxylation is 2. The normalized spacial score (nSPS) is 14.2. The second-order valence-corrected chi connectivity index (χ2v) is 8.11. The molecular formula is C24H29FN6. The van der Waals surface area contributed by atoms with E-state index >= 15 is 0 Å². The quantitative estimate of drug-likeness (QED) is 0.559. The summed E-state index contributed by atoms with van der Waals surface area (Å²) in [4.78, 5) is 16.3. The fourth-order valence-corrected chi connectivity index (χ4v) is 3.69. The van der Waals surface area contributed by atoms with Crippen LogP contribution in [-0.2, 0) is 6.54 Å². The number of benzene rings is 2. The summed E-state index contributed by atoms with van der Waals surface area (Å²) in [5, 5.41) is 6.65. The van der Waals surface area contributed by atoms with Gasteiger partial charge in [0.2, 0.25) is 17.8 Å². The molecule has 0 bridgehead atoms. The number of hydrogen-bond acceptors (Lipinski definition) is 6. The number of anilines is 4. The Balaban J connectivity index is 1.60. The first-order chi connectivity index (χ1) is 15.1. The molecule has 6 nitrogen and oxygen atoms in total. The maximum atomic E-state index is 13.2. The fourth-order valence-electron chi connectivity index (χ4n) is 3.69. The third-order valence-electron chi connectivity index (χ3n) is 5.52. The zero-order chi connectivity index (χ0) is 21.6. The lowest BCUT2D eigenvalue weighted by Gasteiger charge is -2.21. The van der Waals surface area contributed by atoms with Crippen molar-refractivity contribution < 1.29 is 4.39 Å². The largest absolute Gasteiger partial charge is 0.350 e. The number of aromatic nitrogens is 3. The molecule has 0 atom stereocenters. The fraction of sp³-hybridized carbons (Fsp3) is 0.375. The molecule has 2 heterocycles. The summed E-state index contributed by atoms with van der Waals surface area (Å²) in [6.07, 6.45) is 4.77. The lowest BCUT2D eigenvalue weighted by molar-refractivity contribution is 0.627. The minimum atomic E-state index is -0.243. The highest BCUT2D eigenvalue weighted by atomic mass is 19.1. The third kappa shape index (κ3) is 5.69. The van der Waals surface area contributed by atoms with Gasteiger partial charge in [-0.1, -0.05) is 37.1 Å². The van der Waals surface area contributed by atoms with Crippen molar-refractivity contribution in [1.82, 2.24) is 15.0 Å². The predicted molar refractivity (Wildman–Crippen MR) is 123 cm³/mol. The first kappa shape index (κ1) is 21.0. The number of nitrogens with one attached hydrogen (secondary N) is 2. The summed E-state index contributed by atoms with van der Waals surface area (Å²) in [5.74, 6) is 1.47. The smallest absolute Gasteiger partial charge is 0.233 e. The Bertz CT molecular complexity index is 1010. The molecule has 2 N–H and O–H groups in total. The van der Waals surface area contributed by atoms with E-state index in [1.807, 2.05) is 0 Å². The molecule has 4 rings (SSSR count). The van der Waals surface area contributed by atoms with E-state index in [1.165, 1.54) is 30.5 Å². The molecule has 0 radical (unpaired) electrons. The van der Waals surface area contributed by atoms with E-state index in [0.717, 1.165) is 42.7 Å². The predicted octanol–water partition coefficient (Wildman–Crippen LogP) is 5.36. The third-order valence-corrected chi connectivity index (χ3v) is 5.52. The highest BCUT2D eigenvalue weighted by molar-refractivity contribution is 5.61. The van der Waals surface area contributed by atoms with Gasteiger partial charge in [0.25, 0.3) is 0 Å². The van der Waals surface area contributed by atoms with E-state index in [4.69, 9.17) is 9.97 Å². The second-order valence-electron chi connectivity index (χ2n) is 8.11. The molecule has 1 aliphatic heterocycles. The number of nitrogens with zero attached hydrogens (tertiary/aromatic N) is 4. The summed E-state index contributed by atoms with van der Waals surface area (Å²) in [7, 11) is 0. The van der Waals surface area contributed by atoms with Crippen molar-refractivity contribution in [2.75, 3.05) is 28.6 Å². The van der Waals surface area contributed by atoms with Gasteiger partial charge in [-0.25, -0.2) is 4.39 Å². The number of halogens is 1. The van der Waals surface area contributed by atoms with Crippen molar-refractivity contribution in [3.05, 3.63) is 65.0 Å². The van der Waals surface area contributed by atoms with Gasteiger partial charge < -0.3 is 15.5 Å². The Morgan fingerprint density at radius 1 is 0.871 bits per heavy atom. The van der Waals surface area contributed by atoms with Gasteiger partial charge in [-0.2, -0.15) is 15.0 Å². The summed E-state index contributed by atoms with van der Waals surface area (Å²) < 4.78 is 13.2. The summed E-state index contributed by atoms with van der Waals surface area (Å²) in [6, 6.07) is 12.7. The Morgan fingerprint density at radius 2 is 1.58 bits per heavy atom. The van der Waals surface area contributed by atoms with Crippen LogP contribution < -0.4 is 15.5 Å². The van der Waals surface area contributed by atoms with Crippen molar-refractivity contribution in [3.8, 4) is 0 Å². The first-order valence-electron chi connectivity index (χ1n) is 10.9. The highest BCUT2D eigenvalue weighted by Gasteiger charge is 2.16. The maximum Gasteiger partial charge on any atom is 0.233 e. The van der Waals surface area contributed by atoms with E-state index in [0.29, 0.717) is 24.4 Å². The molecule has 0 saturated carbocycles. The zero-order valence-corrected chi connectivity index (χ0v) is 18.2. The van der Waals surface area contributed by atoms with Gasteiger partial charge in [0.15, 0.2) is 0 Å². The van der Waals surface area contributed by atoms with Crippen LogP contribution in [0.1, 0.15) is 42.4 Å². The van der Waals surface area contributed by atoms with Gasteiger partial charge in [0.1, 0.15) is 5.82 Å². The van der Waals surface area contributed by atoms with E-state index in [2.05, 4.69) is 52.6 Å². The van der Waals surface area contributed by atoms with Gasteiger partial charge >= 0.3 is 0 Å². The van der Waals surface area contributed by atoms with E-state index in [1.54, 1.807) is 12.1 Å². The SMILES string of the molecule is Cc1ccc(C)c(Nc2nc(NCc3ccc(F)cc3)nc(N3CCCCCC3)n2)c1. The minimum absolute atomic E-state index is 0.243. The minimum Gasteiger partial charge on any atom is -0.350 e. The Kier molecular flexibility index (Phi) is 6.60. The molecule has 0 aliphatic carbocycles. The average molecular weight is 421 g/mol. The molecule has 3 aromatic rings. The molecule has 1 aromatic heterocycles. The Morgan fingerprint density at radius 3 is 2.32 bits per heavy atom. The molecule has 31 heavy (non-hydrogen) atoms. The molecule has 0 unspecified atom stereocenters. The molecular weight excluding hydrogens is 391 g/mol. The average Bonchev–Trinajstić information content (AvgIpc) is 3.05. The number of hydrogen-bond donors (Lipinski definition) is 2. The van der Waals surface area contributed by atoms with Gasteiger partial charge in [-0.3, -0.25) is 0 Å². The molecule has 1 saturated heterocycles. The van der Waals surface area contributed by atoms with Crippen LogP contribution in [-0.4, -0.2) is 28.0 Å². The van der Waals surface area contributed by atoms with Crippen LogP contribution >= 0.6 is 0 Å². The molecule has 2 aromatic carbocycles. The van der Waals surface area contributed by atoms with Crippen molar-refractivity contribution in [1.29, 1.82) is 0 Å². The summed E-state index contributed by atoms with van der Waals surface area (Å²) in [5.41, 5.74) is 4.24. The summed E-state index contributed by atoms with van der Waals surface area (Å²) in [6.45, 7) is 6.53. The van der Waals surface area contributed by atoms with Crippen molar-refractivity contribution in [2.45, 2.75) is 46.1 Å². The maximum absolute atomic E-state index is 13.2. The topological polar surface area (TPSA) is 66.0 Å². The van der Waals surface area contributed by atoms with E-state index in [9.17, 15) is 4.39 Å². The van der Waals surface area contributed by atoms with Crippen LogP contribution in [0.2, 0.25) is 0 Å². The standard InChI is InChI=1S/C24H29FN6/c1-17-7-8-18(2)21(15-17)27-23-28-22(26-16-19-9-11-20(25)12-10-19)29-24(30-23)31-13-5-3-4-6-14-31/h7-12,15H,3-6,13-14,16H2,1-2H3,(H2,26,27,28,29,30). The number of rotatable bonds is 6. The van der Waals surface area contributed by atoms with Crippen LogP contribution in [0.5, 0.6) is 0 Å². The monoisotopic (exact) mass is 420 g/mol. The van der Waals surface area contributed by atoms with Crippen molar-refractivity contribution in [2.24, 2.45) is 0 Å². The molecule has 7 heteroatoms. The molecule has 0 amide bonds. The van der Waals surface area contributed by atoms with Crippen LogP contribution in [0.4, 0.5) is 27.9 Å². The first-order valence-corrected chi connectivity index (χ1v) is 10.9. The van der Waals surface area contributed by atoms with E-state index in [-0.39, 0.29) is 5.82 Å².